The zero-order chi connectivity index (χ0) is 12.1. The summed E-state index contributed by atoms with van der Waals surface area (Å²) >= 11 is 3.31. The van der Waals surface area contributed by atoms with Crippen LogP contribution in [0.3, 0.4) is 0 Å². The van der Waals surface area contributed by atoms with Crippen molar-refractivity contribution in [3.8, 4) is 0 Å². The highest BCUT2D eigenvalue weighted by Crippen LogP contribution is 2.20. The van der Waals surface area contributed by atoms with Crippen molar-refractivity contribution >= 4 is 28.2 Å². The van der Waals surface area contributed by atoms with E-state index in [0.717, 1.165) is 21.9 Å². The molecule has 0 aliphatic rings. The Bertz CT molecular complexity index is 413. The summed E-state index contributed by atoms with van der Waals surface area (Å²) in [5.74, 6) is -0.309. The van der Waals surface area contributed by atoms with Gasteiger partial charge in [0.2, 0.25) is 0 Å². The van der Waals surface area contributed by atoms with Crippen molar-refractivity contribution in [2.75, 3.05) is 6.61 Å². The average Bonchev–Trinajstić information content (AvgIpc) is 2.22. The molecule has 1 aromatic carbocycles. The summed E-state index contributed by atoms with van der Waals surface area (Å²) in [4.78, 5) is 22.3. The Kier molecular flexibility index (Phi) is 4.68. The first-order chi connectivity index (χ1) is 7.58. The molecule has 16 heavy (non-hydrogen) atoms. The molecular weight excluding hydrogens is 272 g/mol. The fourth-order valence-electron chi connectivity index (χ4n) is 1.50. The van der Waals surface area contributed by atoms with Crippen LogP contribution in [-0.4, -0.2) is 18.9 Å². The molecule has 0 atom stereocenters. The highest BCUT2D eigenvalue weighted by atomic mass is 79.9. The molecule has 4 heteroatoms. The van der Waals surface area contributed by atoms with Crippen LogP contribution >= 0.6 is 15.9 Å². The number of halogens is 1. The maximum atomic E-state index is 11.4. The topological polar surface area (TPSA) is 43.4 Å². The largest absolute Gasteiger partial charge is 0.466 e. The summed E-state index contributed by atoms with van der Waals surface area (Å²) in [6.07, 6.45) is 0.896. The minimum atomic E-state index is -0.309. The predicted octanol–water partition coefficient (Wildman–Crippen LogP) is 2.68. The Hall–Kier alpha value is -1.16. The van der Waals surface area contributed by atoms with Gasteiger partial charge in [0.15, 0.2) is 0 Å². The third-order valence-electron chi connectivity index (χ3n) is 2.23. The summed E-state index contributed by atoms with van der Waals surface area (Å²) in [7, 11) is 0. The molecule has 0 radical (unpaired) electrons. The third kappa shape index (κ3) is 3.17. The average molecular weight is 285 g/mol. The number of carbonyl (C=O) groups is 2. The molecule has 0 spiro atoms. The molecule has 0 fully saturated rings. The van der Waals surface area contributed by atoms with Crippen LogP contribution in [0.4, 0.5) is 0 Å². The van der Waals surface area contributed by atoms with Crippen molar-refractivity contribution in [3.63, 3.8) is 0 Å². The van der Waals surface area contributed by atoms with Crippen molar-refractivity contribution in [1.82, 2.24) is 0 Å². The first kappa shape index (κ1) is 12.9. The lowest BCUT2D eigenvalue weighted by atomic mass is 10.00. The van der Waals surface area contributed by atoms with Crippen LogP contribution < -0.4 is 0 Å². The van der Waals surface area contributed by atoms with Gasteiger partial charge < -0.3 is 4.74 Å². The van der Waals surface area contributed by atoms with Crippen molar-refractivity contribution in [3.05, 3.63) is 33.3 Å². The minimum absolute atomic E-state index is 0.140. The van der Waals surface area contributed by atoms with Gasteiger partial charge in [0.25, 0.3) is 0 Å². The second-order valence-corrected chi connectivity index (χ2v) is 4.31. The molecule has 0 heterocycles. The second-order valence-electron chi connectivity index (χ2n) is 3.39. The van der Waals surface area contributed by atoms with Crippen LogP contribution in [0, 0.1) is 6.92 Å². The highest BCUT2D eigenvalue weighted by molar-refractivity contribution is 9.10. The normalized spacial score (nSPS) is 9.94. The maximum Gasteiger partial charge on any atom is 0.310 e. The lowest BCUT2D eigenvalue weighted by Crippen LogP contribution is -2.10. The molecule has 0 N–H and O–H groups in total. The zero-order valence-corrected chi connectivity index (χ0v) is 10.8. The Balaban J connectivity index is 3.02. The van der Waals surface area contributed by atoms with Crippen LogP contribution in [0.5, 0.6) is 0 Å². The van der Waals surface area contributed by atoms with Crippen LogP contribution in [0.25, 0.3) is 0 Å². The van der Waals surface area contributed by atoms with E-state index in [0.29, 0.717) is 12.2 Å². The monoisotopic (exact) mass is 284 g/mol. The van der Waals surface area contributed by atoms with Crippen LogP contribution in [0.1, 0.15) is 28.4 Å². The number of benzene rings is 1. The Morgan fingerprint density at radius 1 is 1.50 bits per heavy atom. The fourth-order valence-corrected chi connectivity index (χ4v) is 2.09. The molecule has 0 aromatic heterocycles. The minimum Gasteiger partial charge on any atom is -0.466 e. The van der Waals surface area contributed by atoms with E-state index >= 15 is 0 Å². The first-order valence-corrected chi connectivity index (χ1v) is 5.77. The van der Waals surface area contributed by atoms with Gasteiger partial charge in [-0.15, -0.1) is 0 Å². The SMILES string of the molecule is CCOC(=O)Cc1c(C)cc(Br)cc1C=O. The molecule has 86 valence electrons. The van der Waals surface area contributed by atoms with E-state index in [1.807, 2.05) is 13.0 Å². The molecule has 0 aliphatic heterocycles. The number of esters is 1. The Labute approximate surface area is 103 Å². The molecule has 1 aromatic rings. The quantitative estimate of drug-likeness (QED) is 0.631. The van der Waals surface area contributed by atoms with Crippen molar-refractivity contribution < 1.29 is 14.3 Å². The number of ether oxygens (including phenoxy) is 1. The van der Waals surface area contributed by atoms with E-state index in [1.54, 1.807) is 13.0 Å². The smallest absolute Gasteiger partial charge is 0.310 e. The van der Waals surface area contributed by atoms with Gasteiger partial charge in [-0.2, -0.15) is 0 Å². The summed E-state index contributed by atoms with van der Waals surface area (Å²) in [5.41, 5.74) is 2.17. The van der Waals surface area contributed by atoms with E-state index in [9.17, 15) is 9.59 Å². The lowest BCUT2D eigenvalue weighted by molar-refractivity contribution is -0.142. The Morgan fingerprint density at radius 2 is 2.19 bits per heavy atom. The molecule has 0 saturated carbocycles. The molecule has 0 saturated heterocycles. The van der Waals surface area contributed by atoms with Gasteiger partial charge in [0.05, 0.1) is 13.0 Å². The summed E-state index contributed by atoms with van der Waals surface area (Å²) < 4.78 is 5.70. The molecule has 3 nitrogen and oxygen atoms in total. The number of aldehydes is 1. The van der Waals surface area contributed by atoms with Crippen LogP contribution in [0.15, 0.2) is 16.6 Å². The third-order valence-corrected chi connectivity index (χ3v) is 2.68. The highest BCUT2D eigenvalue weighted by Gasteiger charge is 2.12. The van der Waals surface area contributed by atoms with Crippen molar-refractivity contribution in [1.29, 1.82) is 0 Å². The molecule has 0 aliphatic carbocycles. The number of hydrogen-bond donors (Lipinski definition) is 0. The number of aryl methyl sites for hydroxylation is 1. The van der Waals surface area contributed by atoms with Crippen LogP contribution in [-0.2, 0) is 16.0 Å². The van der Waals surface area contributed by atoms with Gasteiger partial charge in [-0.25, -0.2) is 0 Å². The number of carbonyl (C=O) groups excluding carboxylic acids is 2. The van der Waals surface area contributed by atoms with Crippen molar-refractivity contribution in [2.24, 2.45) is 0 Å². The molecule has 0 bridgehead atoms. The van der Waals surface area contributed by atoms with Gasteiger partial charge >= 0.3 is 5.97 Å². The molecule has 0 amide bonds. The van der Waals surface area contributed by atoms with E-state index in [1.165, 1.54) is 0 Å². The predicted molar refractivity (Wildman–Crippen MR) is 64.6 cm³/mol. The second kappa shape index (κ2) is 5.80. The van der Waals surface area contributed by atoms with E-state index in [-0.39, 0.29) is 12.4 Å². The standard InChI is InChI=1S/C12H13BrO3/c1-3-16-12(15)6-11-8(2)4-10(13)5-9(11)7-14/h4-5,7H,3,6H2,1-2H3. The maximum absolute atomic E-state index is 11.4. The number of hydrogen-bond acceptors (Lipinski definition) is 3. The van der Waals surface area contributed by atoms with Gasteiger partial charge in [0.1, 0.15) is 6.29 Å². The summed E-state index contributed by atoms with van der Waals surface area (Å²) in [6, 6.07) is 3.58. The van der Waals surface area contributed by atoms with Gasteiger partial charge in [-0.3, -0.25) is 9.59 Å². The fraction of sp³-hybridized carbons (Fsp3) is 0.333. The summed E-state index contributed by atoms with van der Waals surface area (Å²) in [5, 5.41) is 0. The van der Waals surface area contributed by atoms with Gasteiger partial charge in [-0.05, 0) is 37.1 Å². The van der Waals surface area contributed by atoms with E-state index in [4.69, 9.17) is 4.74 Å². The van der Waals surface area contributed by atoms with Gasteiger partial charge in [0, 0.05) is 10.0 Å². The first-order valence-electron chi connectivity index (χ1n) is 4.98. The molecular formula is C12H13BrO3. The Morgan fingerprint density at radius 3 is 2.75 bits per heavy atom. The van der Waals surface area contributed by atoms with E-state index < -0.39 is 0 Å². The zero-order valence-electron chi connectivity index (χ0n) is 9.25. The van der Waals surface area contributed by atoms with Crippen molar-refractivity contribution in [2.45, 2.75) is 20.3 Å². The summed E-state index contributed by atoms with van der Waals surface area (Å²) in [6.45, 7) is 3.98. The molecule has 0 unspecified atom stereocenters. The van der Waals surface area contributed by atoms with Crippen LogP contribution in [0.2, 0.25) is 0 Å². The lowest BCUT2D eigenvalue weighted by Gasteiger charge is -2.09. The molecule has 1 rings (SSSR count). The number of rotatable bonds is 4. The van der Waals surface area contributed by atoms with E-state index in [2.05, 4.69) is 15.9 Å². The van der Waals surface area contributed by atoms with Gasteiger partial charge in [-0.1, -0.05) is 15.9 Å².